The summed E-state index contributed by atoms with van der Waals surface area (Å²) in [6, 6.07) is 15.9. The molecule has 0 amide bonds. The van der Waals surface area contributed by atoms with Crippen LogP contribution in [0, 0.1) is 0 Å². The van der Waals surface area contributed by atoms with E-state index < -0.39 is 9.84 Å². The molecule has 0 atom stereocenters. The lowest BCUT2D eigenvalue weighted by Gasteiger charge is -2.06. The summed E-state index contributed by atoms with van der Waals surface area (Å²) in [4.78, 5) is 4.52. The smallest absolute Gasteiger partial charge is 0.196 e. The molecule has 1 heterocycles. The number of aromatic nitrogens is 2. The van der Waals surface area contributed by atoms with Crippen LogP contribution < -0.4 is 0 Å². The normalized spacial score (nSPS) is 11.8. The fourth-order valence-corrected chi connectivity index (χ4v) is 3.29. The molecule has 0 aliphatic carbocycles. The van der Waals surface area contributed by atoms with Crippen LogP contribution in [0.3, 0.4) is 0 Å². The first-order valence-corrected chi connectivity index (χ1v) is 7.50. The van der Waals surface area contributed by atoms with Crippen LogP contribution in [0.4, 0.5) is 0 Å². The highest BCUT2D eigenvalue weighted by atomic mass is 32.2. The summed E-state index contributed by atoms with van der Waals surface area (Å²) in [6.45, 7) is 0. The molecular weight excluding hydrogens is 260 g/mol. The third-order valence-corrected chi connectivity index (χ3v) is 4.55. The van der Waals surface area contributed by atoms with Gasteiger partial charge in [-0.25, -0.2) is 13.4 Å². The van der Waals surface area contributed by atoms with Gasteiger partial charge in [0.2, 0.25) is 0 Å². The highest BCUT2D eigenvalue weighted by Crippen LogP contribution is 2.17. The second-order valence-corrected chi connectivity index (χ2v) is 6.22. The summed E-state index contributed by atoms with van der Waals surface area (Å²) < 4.78 is 26.2. The minimum Gasteiger partial charge on any atom is -0.315 e. The maximum atomic E-state index is 12.3. The Morgan fingerprint density at radius 1 is 0.947 bits per heavy atom. The fraction of sp³-hybridized carbons (Fsp3) is 0.0714. The molecule has 0 fully saturated rings. The summed E-state index contributed by atoms with van der Waals surface area (Å²) in [5, 5.41) is 0. The number of sulfone groups is 1. The van der Waals surface area contributed by atoms with Gasteiger partial charge in [-0.2, -0.15) is 0 Å². The number of hydrogen-bond acceptors (Lipinski definition) is 3. The Morgan fingerprint density at radius 3 is 2.42 bits per heavy atom. The van der Waals surface area contributed by atoms with Crippen molar-refractivity contribution in [2.24, 2.45) is 0 Å². The molecule has 3 rings (SSSR count). The highest BCUT2D eigenvalue weighted by molar-refractivity contribution is 7.90. The van der Waals surface area contributed by atoms with Gasteiger partial charge in [-0.1, -0.05) is 30.3 Å². The minimum absolute atomic E-state index is 0.0997. The van der Waals surface area contributed by atoms with E-state index in [0.717, 1.165) is 11.0 Å². The van der Waals surface area contributed by atoms with Crippen LogP contribution in [0.2, 0.25) is 0 Å². The van der Waals surface area contributed by atoms with E-state index in [1.807, 2.05) is 24.3 Å². The molecule has 2 aromatic carbocycles. The van der Waals surface area contributed by atoms with Gasteiger partial charge in [0.1, 0.15) is 5.88 Å². The van der Waals surface area contributed by atoms with Crippen LogP contribution >= 0.6 is 0 Å². The van der Waals surface area contributed by atoms with E-state index in [9.17, 15) is 8.42 Å². The van der Waals surface area contributed by atoms with Crippen molar-refractivity contribution in [3.05, 3.63) is 60.9 Å². The Labute approximate surface area is 111 Å². The van der Waals surface area contributed by atoms with Crippen molar-refractivity contribution in [1.29, 1.82) is 0 Å². The van der Waals surface area contributed by atoms with Gasteiger partial charge >= 0.3 is 0 Å². The largest absolute Gasteiger partial charge is 0.315 e. The molecule has 0 aliphatic heterocycles. The van der Waals surface area contributed by atoms with E-state index in [4.69, 9.17) is 0 Å². The Bertz CT molecular complexity index is 808. The summed E-state index contributed by atoms with van der Waals surface area (Å²) in [6.07, 6.45) is 1.56. The third-order valence-electron chi connectivity index (χ3n) is 2.94. The standard InChI is InChI=1S/C14H12N2O2S/c17-19(18,12-6-2-1-3-7-12)11-16-10-15-13-8-4-5-9-14(13)16/h1-10H,11H2. The number of fused-ring (bicyclic) bond motifs is 1. The summed E-state index contributed by atoms with van der Waals surface area (Å²) in [7, 11) is -3.35. The third kappa shape index (κ3) is 2.24. The molecule has 96 valence electrons. The first-order valence-electron chi connectivity index (χ1n) is 5.84. The highest BCUT2D eigenvalue weighted by Gasteiger charge is 2.15. The molecule has 0 aliphatic rings. The molecule has 0 bridgehead atoms. The Hall–Kier alpha value is -2.14. The van der Waals surface area contributed by atoms with E-state index in [1.165, 1.54) is 0 Å². The lowest BCUT2D eigenvalue weighted by Crippen LogP contribution is -2.10. The Kier molecular flexibility index (Phi) is 2.83. The van der Waals surface area contributed by atoms with E-state index in [1.54, 1.807) is 41.2 Å². The average Bonchev–Trinajstić information content (AvgIpc) is 2.83. The zero-order valence-corrected chi connectivity index (χ0v) is 10.9. The molecule has 1 aromatic heterocycles. The molecule has 0 unspecified atom stereocenters. The van der Waals surface area contributed by atoms with Crippen LogP contribution in [0.5, 0.6) is 0 Å². The fourth-order valence-electron chi connectivity index (χ4n) is 2.00. The Morgan fingerprint density at radius 2 is 1.63 bits per heavy atom. The van der Waals surface area contributed by atoms with Crippen LogP contribution in [0.25, 0.3) is 11.0 Å². The van der Waals surface area contributed by atoms with Crippen molar-refractivity contribution in [2.75, 3.05) is 0 Å². The summed E-state index contributed by atoms with van der Waals surface area (Å²) in [5.41, 5.74) is 1.62. The van der Waals surface area contributed by atoms with Gasteiger partial charge in [0.15, 0.2) is 9.84 Å². The van der Waals surface area contributed by atoms with Crippen LogP contribution in [-0.2, 0) is 15.7 Å². The minimum atomic E-state index is -3.35. The van der Waals surface area contributed by atoms with Crippen molar-refractivity contribution in [3.63, 3.8) is 0 Å². The number of nitrogens with zero attached hydrogens (tertiary/aromatic N) is 2. The zero-order chi connectivity index (χ0) is 13.3. The monoisotopic (exact) mass is 272 g/mol. The van der Waals surface area contributed by atoms with Gasteiger partial charge < -0.3 is 4.57 Å². The van der Waals surface area contributed by atoms with Gasteiger partial charge in [0, 0.05) is 0 Å². The predicted octanol–water partition coefficient (Wildman–Crippen LogP) is 2.47. The quantitative estimate of drug-likeness (QED) is 0.736. The number of para-hydroxylation sites is 2. The number of hydrogen-bond donors (Lipinski definition) is 0. The van der Waals surface area contributed by atoms with Gasteiger partial charge in [0.05, 0.1) is 22.3 Å². The molecule has 0 saturated heterocycles. The molecule has 0 radical (unpaired) electrons. The SMILES string of the molecule is O=S(=O)(Cn1cnc2ccccc21)c1ccccc1. The predicted molar refractivity (Wildman–Crippen MR) is 73.4 cm³/mol. The summed E-state index contributed by atoms with van der Waals surface area (Å²) >= 11 is 0. The van der Waals surface area contributed by atoms with Crippen molar-refractivity contribution >= 4 is 20.9 Å². The molecular formula is C14H12N2O2S. The Balaban J connectivity index is 2.02. The van der Waals surface area contributed by atoms with Crippen molar-refractivity contribution < 1.29 is 8.42 Å². The molecule has 4 nitrogen and oxygen atoms in total. The molecule has 5 heteroatoms. The molecule has 19 heavy (non-hydrogen) atoms. The van der Waals surface area contributed by atoms with Crippen molar-refractivity contribution in [3.8, 4) is 0 Å². The van der Waals surface area contributed by atoms with E-state index in [0.29, 0.717) is 4.90 Å². The maximum absolute atomic E-state index is 12.3. The molecule has 3 aromatic rings. The average molecular weight is 272 g/mol. The maximum Gasteiger partial charge on any atom is 0.196 e. The topological polar surface area (TPSA) is 52.0 Å². The first kappa shape index (κ1) is 11.9. The summed E-state index contributed by atoms with van der Waals surface area (Å²) in [5.74, 6) is -0.0997. The lowest BCUT2D eigenvalue weighted by atomic mass is 10.3. The molecule has 0 spiro atoms. The number of imidazole rings is 1. The number of benzene rings is 2. The van der Waals surface area contributed by atoms with Gasteiger partial charge in [-0.05, 0) is 24.3 Å². The lowest BCUT2D eigenvalue weighted by molar-refractivity contribution is 0.585. The molecule has 0 saturated carbocycles. The van der Waals surface area contributed by atoms with Gasteiger partial charge in [0.25, 0.3) is 0 Å². The van der Waals surface area contributed by atoms with E-state index in [-0.39, 0.29) is 5.88 Å². The van der Waals surface area contributed by atoms with E-state index >= 15 is 0 Å². The second-order valence-electron chi connectivity index (χ2n) is 4.26. The van der Waals surface area contributed by atoms with Crippen LogP contribution in [0.1, 0.15) is 0 Å². The molecule has 0 N–H and O–H groups in total. The number of rotatable bonds is 3. The van der Waals surface area contributed by atoms with Gasteiger partial charge in [-0.3, -0.25) is 0 Å². The van der Waals surface area contributed by atoms with E-state index in [2.05, 4.69) is 4.98 Å². The van der Waals surface area contributed by atoms with Crippen LogP contribution in [0.15, 0.2) is 65.8 Å². The van der Waals surface area contributed by atoms with Crippen molar-refractivity contribution in [1.82, 2.24) is 9.55 Å². The van der Waals surface area contributed by atoms with Crippen molar-refractivity contribution in [2.45, 2.75) is 10.8 Å². The van der Waals surface area contributed by atoms with Gasteiger partial charge in [-0.15, -0.1) is 0 Å². The van der Waals surface area contributed by atoms with Crippen LogP contribution in [-0.4, -0.2) is 18.0 Å². The first-order chi connectivity index (χ1) is 9.17. The zero-order valence-electron chi connectivity index (χ0n) is 10.1. The second kappa shape index (κ2) is 4.51.